The number of aliphatic carboxylic acids is 1. The number of hydrogen-bond acceptors (Lipinski definition) is 2. The summed E-state index contributed by atoms with van der Waals surface area (Å²) in [6, 6.07) is 4.47. The van der Waals surface area contributed by atoms with E-state index in [-0.39, 0.29) is 11.4 Å². The minimum atomic E-state index is -1.00. The molecule has 17 heavy (non-hydrogen) atoms. The molecule has 1 heterocycles. The van der Waals surface area contributed by atoms with Crippen molar-refractivity contribution >= 4 is 17.6 Å². The Morgan fingerprint density at radius 2 is 2.35 bits per heavy atom. The van der Waals surface area contributed by atoms with E-state index in [1.165, 1.54) is 6.07 Å². The van der Waals surface area contributed by atoms with Gasteiger partial charge in [-0.1, -0.05) is 23.7 Å². The van der Waals surface area contributed by atoms with Gasteiger partial charge in [0.05, 0.1) is 5.02 Å². The smallest absolute Gasteiger partial charge is 0.324 e. The van der Waals surface area contributed by atoms with Gasteiger partial charge in [0.2, 0.25) is 0 Å². The van der Waals surface area contributed by atoms with Crippen molar-refractivity contribution in [3.63, 3.8) is 0 Å². The third-order valence-electron chi connectivity index (χ3n) is 3.18. The quantitative estimate of drug-likeness (QED) is 0.873. The minimum Gasteiger partial charge on any atom is -0.480 e. The van der Waals surface area contributed by atoms with E-state index in [4.69, 9.17) is 11.6 Å². The Labute approximate surface area is 104 Å². The van der Waals surface area contributed by atoms with Gasteiger partial charge in [-0.3, -0.25) is 4.79 Å². The number of rotatable bonds is 3. The second kappa shape index (κ2) is 4.63. The van der Waals surface area contributed by atoms with Crippen molar-refractivity contribution in [1.82, 2.24) is 5.32 Å². The maximum Gasteiger partial charge on any atom is 0.324 e. The Morgan fingerprint density at radius 1 is 1.59 bits per heavy atom. The number of carboxylic acid groups (broad SMARTS) is 1. The lowest BCUT2D eigenvalue weighted by Gasteiger charge is -2.25. The third-order valence-corrected chi connectivity index (χ3v) is 3.60. The summed E-state index contributed by atoms with van der Waals surface area (Å²) in [5.41, 5.74) is -0.472. The van der Waals surface area contributed by atoms with Crippen LogP contribution in [0.15, 0.2) is 18.2 Å². The van der Waals surface area contributed by atoms with Crippen LogP contribution in [0.4, 0.5) is 4.39 Å². The van der Waals surface area contributed by atoms with Crippen LogP contribution in [0.3, 0.4) is 0 Å². The molecular weight excluding hydrogens is 245 g/mol. The maximum absolute atomic E-state index is 13.3. The van der Waals surface area contributed by atoms with Gasteiger partial charge in [-0.25, -0.2) is 4.39 Å². The SMILES string of the molecule is O=C(O)C1(Cc2cccc(F)c2Cl)CCCN1. The molecule has 1 unspecified atom stereocenters. The van der Waals surface area contributed by atoms with E-state index in [1.54, 1.807) is 12.1 Å². The summed E-state index contributed by atoms with van der Waals surface area (Å²) in [7, 11) is 0. The average molecular weight is 258 g/mol. The molecule has 0 spiro atoms. The van der Waals surface area contributed by atoms with Crippen LogP contribution in [0.2, 0.25) is 5.02 Å². The fraction of sp³-hybridized carbons (Fsp3) is 0.417. The number of benzene rings is 1. The van der Waals surface area contributed by atoms with E-state index >= 15 is 0 Å². The number of nitrogens with one attached hydrogen (secondary N) is 1. The van der Waals surface area contributed by atoms with Crippen LogP contribution in [-0.4, -0.2) is 23.2 Å². The summed E-state index contributed by atoms with van der Waals surface area (Å²) >= 11 is 5.84. The van der Waals surface area contributed by atoms with Gasteiger partial charge in [0.25, 0.3) is 0 Å². The molecule has 0 radical (unpaired) electrons. The molecule has 1 aliphatic rings. The van der Waals surface area contributed by atoms with Crippen molar-refractivity contribution in [3.05, 3.63) is 34.6 Å². The minimum absolute atomic E-state index is 0.0156. The predicted octanol–water partition coefficient (Wildman–Crippen LogP) is 2.23. The van der Waals surface area contributed by atoms with Crippen molar-refractivity contribution < 1.29 is 14.3 Å². The van der Waals surface area contributed by atoms with Crippen molar-refractivity contribution in [1.29, 1.82) is 0 Å². The first-order valence-corrected chi connectivity index (χ1v) is 5.84. The zero-order chi connectivity index (χ0) is 12.5. The van der Waals surface area contributed by atoms with Gasteiger partial charge < -0.3 is 10.4 Å². The molecule has 92 valence electrons. The van der Waals surface area contributed by atoms with Crippen LogP contribution in [0.25, 0.3) is 0 Å². The highest BCUT2D eigenvalue weighted by Crippen LogP contribution is 2.29. The predicted molar refractivity (Wildman–Crippen MR) is 62.7 cm³/mol. The van der Waals surface area contributed by atoms with Crippen LogP contribution in [0.5, 0.6) is 0 Å². The van der Waals surface area contributed by atoms with Gasteiger partial charge >= 0.3 is 5.97 Å². The van der Waals surface area contributed by atoms with E-state index in [1.807, 2.05) is 0 Å². The summed E-state index contributed by atoms with van der Waals surface area (Å²) in [6.45, 7) is 0.666. The topological polar surface area (TPSA) is 49.3 Å². The van der Waals surface area contributed by atoms with Crippen LogP contribution in [0.1, 0.15) is 18.4 Å². The van der Waals surface area contributed by atoms with Crippen LogP contribution in [0, 0.1) is 5.82 Å². The summed E-state index contributed by atoms with van der Waals surface area (Å²) < 4.78 is 13.3. The molecule has 2 N–H and O–H groups in total. The summed E-state index contributed by atoms with van der Waals surface area (Å²) in [5, 5.41) is 12.3. The molecule has 5 heteroatoms. The van der Waals surface area contributed by atoms with E-state index in [0.717, 1.165) is 6.42 Å². The Bertz CT molecular complexity index is 444. The van der Waals surface area contributed by atoms with E-state index < -0.39 is 17.3 Å². The molecule has 0 saturated carbocycles. The van der Waals surface area contributed by atoms with Crippen LogP contribution in [-0.2, 0) is 11.2 Å². The highest BCUT2D eigenvalue weighted by molar-refractivity contribution is 6.31. The number of carbonyl (C=O) groups is 1. The maximum atomic E-state index is 13.3. The molecule has 3 nitrogen and oxygen atoms in total. The van der Waals surface area contributed by atoms with Gasteiger partial charge in [0.1, 0.15) is 11.4 Å². The van der Waals surface area contributed by atoms with E-state index in [9.17, 15) is 14.3 Å². The highest BCUT2D eigenvalue weighted by Gasteiger charge is 2.41. The monoisotopic (exact) mass is 257 g/mol. The molecule has 1 fully saturated rings. The fourth-order valence-electron chi connectivity index (χ4n) is 2.23. The van der Waals surface area contributed by atoms with Crippen molar-refractivity contribution in [2.45, 2.75) is 24.8 Å². The Balaban J connectivity index is 2.30. The Morgan fingerprint density at radius 3 is 2.94 bits per heavy atom. The summed E-state index contributed by atoms with van der Waals surface area (Å²) in [4.78, 5) is 11.3. The zero-order valence-corrected chi connectivity index (χ0v) is 9.93. The molecule has 0 bridgehead atoms. The second-order valence-electron chi connectivity index (χ2n) is 4.31. The first kappa shape index (κ1) is 12.3. The van der Waals surface area contributed by atoms with Gasteiger partial charge in [-0.15, -0.1) is 0 Å². The standard InChI is InChI=1S/C12H13ClFNO2/c13-10-8(3-1-4-9(10)14)7-12(11(16)17)5-2-6-15-12/h1,3-4,15H,2,5-7H2,(H,16,17). The average Bonchev–Trinajstić information content (AvgIpc) is 2.75. The normalized spacial score (nSPS) is 23.9. The molecular formula is C12H13ClFNO2. The van der Waals surface area contributed by atoms with E-state index in [2.05, 4.69) is 5.32 Å². The van der Waals surface area contributed by atoms with E-state index in [0.29, 0.717) is 18.5 Å². The highest BCUT2D eigenvalue weighted by atomic mass is 35.5. The molecule has 1 aromatic carbocycles. The first-order chi connectivity index (χ1) is 8.05. The molecule has 0 aromatic heterocycles. The Hall–Kier alpha value is -1.13. The largest absolute Gasteiger partial charge is 0.480 e. The molecule has 0 amide bonds. The Kier molecular flexibility index (Phi) is 3.35. The summed E-state index contributed by atoms with van der Waals surface area (Å²) in [6.07, 6.45) is 1.55. The zero-order valence-electron chi connectivity index (χ0n) is 9.17. The number of carboxylic acids is 1. The van der Waals surface area contributed by atoms with Crippen molar-refractivity contribution in [3.8, 4) is 0 Å². The third kappa shape index (κ3) is 2.28. The molecule has 2 rings (SSSR count). The molecule has 1 aliphatic heterocycles. The number of hydrogen-bond donors (Lipinski definition) is 2. The van der Waals surface area contributed by atoms with Crippen molar-refractivity contribution in [2.24, 2.45) is 0 Å². The lowest BCUT2D eigenvalue weighted by molar-refractivity contribution is -0.144. The van der Waals surface area contributed by atoms with Gasteiger partial charge in [-0.2, -0.15) is 0 Å². The molecule has 1 atom stereocenters. The fourth-order valence-corrected chi connectivity index (χ4v) is 2.42. The van der Waals surface area contributed by atoms with Gasteiger partial charge in [-0.05, 0) is 31.0 Å². The van der Waals surface area contributed by atoms with Crippen molar-refractivity contribution in [2.75, 3.05) is 6.54 Å². The second-order valence-corrected chi connectivity index (χ2v) is 4.69. The lowest BCUT2D eigenvalue weighted by atomic mass is 9.89. The summed E-state index contributed by atoms with van der Waals surface area (Å²) in [5.74, 6) is -1.42. The van der Waals surface area contributed by atoms with Crippen LogP contribution < -0.4 is 5.32 Å². The number of halogens is 2. The molecule has 0 aliphatic carbocycles. The van der Waals surface area contributed by atoms with Gasteiger partial charge in [0, 0.05) is 6.42 Å². The molecule has 1 aromatic rings. The molecule has 1 saturated heterocycles. The first-order valence-electron chi connectivity index (χ1n) is 5.46. The van der Waals surface area contributed by atoms with Gasteiger partial charge in [0.15, 0.2) is 0 Å². The van der Waals surface area contributed by atoms with Crippen LogP contribution >= 0.6 is 11.6 Å². The lowest BCUT2D eigenvalue weighted by Crippen LogP contribution is -2.49.